The maximum absolute atomic E-state index is 14.1. The third-order valence-electron chi connectivity index (χ3n) is 6.22. The number of sulfonamides is 1. The zero-order chi connectivity index (χ0) is 23.6. The highest BCUT2D eigenvalue weighted by molar-refractivity contribution is 7.98. The maximum Gasteiger partial charge on any atom is 0.242 e. The first-order valence-electron chi connectivity index (χ1n) is 11.4. The molecule has 0 spiro atoms. The van der Waals surface area contributed by atoms with Crippen LogP contribution in [0.2, 0.25) is 0 Å². The molecule has 0 amide bonds. The summed E-state index contributed by atoms with van der Waals surface area (Å²) in [5.74, 6) is -0.681. The van der Waals surface area contributed by atoms with Crippen LogP contribution in [0.4, 0.5) is 8.78 Å². The minimum atomic E-state index is -3.60. The molecule has 2 aromatic carbocycles. The standard InChI is InChI=1S/C24H29F2N3O2S2/c1-3-4-13-28(2)33(30,31)20-10-12-23-22(15-20)27-24(29(23)19-7-5-6-8-19)32-16-17-14-18(25)9-11-21(17)26/h9-12,14-15,19H,3-8,13,16H2,1-2H3. The van der Waals surface area contributed by atoms with Gasteiger partial charge in [0.15, 0.2) is 5.16 Å². The van der Waals surface area contributed by atoms with Gasteiger partial charge in [0.25, 0.3) is 0 Å². The number of rotatable bonds is 9. The summed E-state index contributed by atoms with van der Waals surface area (Å²) in [7, 11) is -2.01. The van der Waals surface area contributed by atoms with Gasteiger partial charge in [-0.15, -0.1) is 0 Å². The van der Waals surface area contributed by atoms with Gasteiger partial charge in [0.1, 0.15) is 11.6 Å². The molecule has 1 saturated carbocycles. The van der Waals surface area contributed by atoms with E-state index in [4.69, 9.17) is 4.98 Å². The molecule has 4 rings (SSSR count). The Balaban J connectivity index is 1.70. The third-order valence-corrected chi connectivity index (χ3v) is 9.07. The summed E-state index contributed by atoms with van der Waals surface area (Å²) in [6, 6.07) is 8.83. The minimum absolute atomic E-state index is 0.220. The molecule has 0 bridgehead atoms. The van der Waals surface area contributed by atoms with E-state index in [0.29, 0.717) is 17.2 Å². The van der Waals surface area contributed by atoms with Crippen LogP contribution in [-0.2, 0) is 15.8 Å². The van der Waals surface area contributed by atoms with E-state index in [1.54, 1.807) is 19.2 Å². The van der Waals surface area contributed by atoms with Crippen molar-refractivity contribution < 1.29 is 17.2 Å². The Kier molecular flexibility index (Phi) is 7.40. The maximum atomic E-state index is 14.1. The van der Waals surface area contributed by atoms with Crippen molar-refractivity contribution in [2.24, 2.45) is 0 Å². The molecule has 1 heterocycles. The number of imidazole rings is 1. The summed E-state index contributed by atoms with van der Waals surface area (Å²) in [6.45, 7) is 2.49. The normalized spacial score (nSPS) is 15.2. The van der Waals surface area contributed by atoms with Crippen LogP contribution in [-0.4, -0.2) is 35.9 Å². The topological polar surface area (TPSA) is 55.2 Å². The van der Waals surface area contributed by atoms with Crippen LogP contribution in [0.3, 0.4) is 0 Å². The van der Waals surface area contributed by atoms with Crippen molar-refractivity contribution >= 4 is 32.8 Å². The second-order valence-electron chi connectivity index (χ2n) is 8.56. The lowest BCUT2D eigenvalue weighted by molar-refractivity contribution is 0.459. The minimum Gasteiger partial charge on any atom is -0.316 e. The molecule has 0 unspecified atom stereocenters. The van der Waals surface area contributed by atoms with E-state index in [2.05, 4.69) is 4.57 Å². The van der Waals surface area contributed by atoms with Gasteiger partial charge >= 0.3 is 0 Å². The van der Waals surface area contributed by atoms with Crippen molar-refractivity contribution in [1.82, 2.24) is 13.9 Å². The SMILES string of the molecule is CCCCN(C)S(=O)(=O)c1ccc2c(c1)nc(SCc1cc(F)ccc1F)n2C1CCCC1. The second-order valence-corrected chi connectivity index (χ2v) is 11.5. The van der Waals surface area contributed by atoms with Gasteiger partial charge in [0, 0.05) is 31.0 Å². The Hall–Kier alpha value is -1.97. The Morgan fingerprint density at radius 1 is 1.15 bits per heavy atom. The number of thioether (sulfide) groups is 1. The van der Waals surface area contributed by atoms with Gasteiger partial charge in [-0.2, -0.15) is 0 Å². The van der Waals surface area contributed by atoms with Crippen LogP contribution in [0.5, 0.6) is 0 Å². The van der Waals surface area contributed by atoms with Crippen molar-refractivity contribution in [3.8, 4) is 0 Å². The molecule has 0 N–H and O–H groups in total. The average molecular weight is 494 g/mol. The Bertz CT molecular complexity index is 1240. The van der Waals surface area contributed by atoms with Crippen LogP contribution < -0.4 is 0 Å². The van der Waals surface area contributed by atoms with E-state index in [9.17, 15) is 17.2 Å². The monoisotopic (exact) mass is 493 g/mol. The number of aromatic nitrogens is 2. The van der Waals surface area contributed by atoms with E-state index in [0.717, 1.165) is 56.2 Å². The summed E-state index contributed by atoms with van der Waals surface area (Å²) >= 11 is 1.35. The smallest absolute Gasteiger partial charge is 0.242 e. The van der Waals surface area contributed by atoms with Gasteiger partial charge in [-0.05, 0) is 55.7 Å². The predicted octanol–water partition coefficient (Wildman–Crippen LogP) is 6.14. The number of fused-ring (bicyclic) bond motifs is 1. The largest absolute Gasteiger partial charge is 0.316 e. The van der Waals surface area contributed by atoms with Crippen LogP contribution in [0.1, 0.15) is 57.1 Å². The van der Waals surface area contributed by atoms with Gasteiger partial charge in [0.2, 0.25) is 10.0 Å². The summed E-state index contributed by atoms with van der Waals surface area (Å²) in [4.78, 5) is 4.97. The lowest BCUT2D eigenvalue weighted by Gasteiger charge is -2.18. The van der Waals surface area contributed by atoms with Gasteiger partial charge in [0.05, 0.1) is 15.9 Å². The summed E-state index contributed by atoms with van der Waals surface area (Å²) in [5, 5.41) is 0.703. The van der Waals surface area contributed by atoms with Gasteiger partial charge in [-0.1, -0.05) is 37.9 Å². The van der Waals surface area contributed by atoms with Crippen molar-refractivity contribution in [1.29, 1.82) is 0 Å². The molecule has 0 atom stereocenters. The van der Waals surface area contributed by atoms with Crippen LogP contribution >= 0.6 is 11.8 Å². The zero-order valence-corrected chi connectivity index (χ0v) is 20.6. The molecule has 1 aliphatic carbocycles. The molecule has 3 aromatic rings. The zero-order valence-electron chi connectivity index (χ0n) is 18.9. The first-order chi connectivity index (χ1) is 15.8. The fraction of sp³-hybridized carbons (Fsp3) is 0.458. The third kappa shape index (κ3) is 5.10. The fourth-order valence-corrected chi connectivity index (χ4v) is 6.60. The Labute approximate surface area is 198 Å². The van der Waals surface area contributed by atoms with Crippen LogP contribution in [0.15, 0.2) is 46.5 Å². The molecule has 1 fully saturated rings. The Morgan fingerprint density at radius 3 is 2.64 bits per heavy atom. The first kappa shape index (κ1) is 24.2. The molecule has 1 aromatic heterocycles. The van der Waals surface area contributed by atoms with E-state index < -0.39 is 21.7 Å². The number of benzene rings is 2. The van der Waals surface area contributed by atoms with Crippen molar-refractivity contribution in [2.45, 2.75) is 67.3 Å². The summed E-state index contributed by atoms with van der Waals surface area (Å²) < 4.78 is 57.3. The lowest BCUT2D eigenvalue weighted by Crippen LogP contribution is -2.27. The highest BCUT2D eigenvalue weighted by Gasteiger charge is 2.26. The van der Waals surface area contributed by atoms with Crippen LogP contribution in [0.25, 0.3) is 11.0 Å². The molecule has 1 aliphatic rings. The molecule has 0 radical (unpaired) electrons. The van der Waals surface area contributed by atoms with E-state index >= 15 is 0 Å². The molecule has 33 heavy (non-hydrogen) atoms. The van der Waals surface area contributed by atoms with Crippen molar-refractivity contribution in [3.63, 3.8) is 0 Å². The van der Waals surface area contributed by atoms with E-state index in [-0.39, 0.29) is 22.3 Å². The molecule has 9 heteroatoms. The number of nitrogens with zero attached hydrogens (tertiary/aromatic N) is 3. The quantitative estimate of drug-likeness (QED) is 0.336. The van der Waals surface area contributed by atoms with Gasteiger partial charge in [-0.25, -0.2) is 26.5 Å². The van der Waals surface area contributed by atoms with Crippen molar-refractivity contribution in [2.75, 3.05) is 13.6 Å². The van der Waals surface area contributed by atoms with Crippen LogP contribution in [0, 0.1) is 11.6 Å². The molecule has 5 nitrogen and oxygen atoms in total. The molecule has 0 saturated heterocycles. The average Bonchev–Trinajstić information content (AvgIpc) is 3.44. The molecular weight excluding hydrogens is 464 g/mol. The highest BCUT2D eigenvalue weighted by Crippen LogP contribution is 2.38. The fourth-order valence-electron chi connectivity index (χ4n) is 4.31. The summed E-state index contributed by atoms with van der Waals surface area (Å²) in [5.41, 5.74) is 1.76. The molecular formula is C24H29F2N3O2S2. The highest BCUT2D eigenvalue weighted by atomic mass is 32.2. The second kappa shape index (κ2) is 10.1. The lowest BCUT2D eigenvalue weighted by atomic mass is 10.2. The summed E-state index contributed by atoms with van der Waals surface area (Å²) in [6.07, 6.45) is 6.01. The van der Waals surface area contributed by atoms with E-state index in [1.165, 1.54) is 22.1 Å². The first-order valence-corrected chi connectivity index (χ1v) is 13.8. The number of hydrogen-bond acceptors (Lipinski definition) is 4. The predicted molar refractivity (Wildman–Crippen MR) is 128 cm³/mol. The molecule has 0 aliphatic heterocycles. The Morgan fingerprint density at radius 2 is 1.91 bits per heavy atom. The van der Waals surface area contributed by atoms with Gasteiger partial charge < -0.3 is 4.57 Å². The van der Waals surface area contributed by atoms with Gasteiger partial charge in [-0.3, -0.25) is 0 Å². The number of unbranched alkanes of at least 4 members (excludes halogenated alkanes) is 1. The van der Waals surface area contributed by atoms with Crippen molar-refractivity contribution in [3.05, 3.63) is 53.6 Å². The molecule has 178 valence electrons. The van der Waals surface area contributed by atoms with E-state index in [1.807, 2.05) is 13.0 Å². The number of hydrogen-bond donors (Lipinski definition) is 0. The number of halogens is 2.